The molecule has 8 heteroatoms. The van der Waals surface area contributed by atoms with Crippen LogP contribution in [0.1, 0.15) is 6.42 Å². The normalized spacial score (nSPS) is 17.4. The number of rotatable bonds is 2. The fraction of sp³-hybridized carbons (Fsp3) is 0.200. The van der Waals surface area contributed by atoms with Crippen LogP contribution >= 0.6 is 0 Å². The Morgan fingerprint density at radius 1 is 1.43 bits per heavy atom. The lowest BCUT2D eigenvalue weighted by molar-refractivity contribution is -0.116. The zero-order valence-corrected chi connectivity index (χ0v) is 13.1. The van der Waals surface area contributed by atoms with Gasteiger partial charge in [0.05, 0.1) is 42.5 Å². The van der Waals surface area contributed by atoms with Crippen molar-refractivity contribution in [3.63, 3.8) is 0 Å². The van der Waals surface area contributed by atoms with Gasteiger partial charge < -0.3 is 10.6 Å². The highest BCUT2D eigenvalue weighted by Crippen LogP contribution is 2.36. The second-order valence-corrected chi connectivity index (χ2v) is 7.05. The number of nitrogens with one attached hydrogen (secondary N) is 2. The Morgan fingerprint density at radius 2 is 2.22 bits per heavy atom. The highest BCUT2D eigenvalue weighted by Gasteiger charge is 2.22. The smallest absolute Gasteiger partial charge is 0.250 e. The van der Waals surface area contributed by atoms with E-state index >= 15 is 0 Å². The summed E-state index contributed by atoms with van der Waals surface area (Å²) in [6.07, 6.45) is 9.56. The summed E-state index contributed by atoms with van der Waals surface area (Å²) in [5.74, 6) is 2.36. The Hall–Kier alpha value is -2.79. The van der Waals surface area contributed by atoms with Gasteiger partial charge in [-0.2, -0.15) is 9.19 Å². The van der Waals surface area contributed by atoms with Gasteiger partial charge in [0.1, 0.15) is 0 Å². The molecule has 0 radical (unpaired) electrons. The van der Waals surface area contributed by atoms with Crippen molar-refractivity contribution in [3.05, 3.63) is 30.6 Å². The third-order valence-corrected chi connectivity index (χ3v) is 4.34. The van der Waals surface area contributed by atoms with E-state index in [4.69, 9.17) is 6.42 Å². The van der Waals surface area contributed by atoms with Crippen LogP contribution in [-0.4, -0.2) is 35.8 Å². The first kappa shape index (κ1) is 15.1. The van der Waals surface area contributed by atoms with E-state index < -0.39 is 16.1 Å². The molecule has 2 N–H and O–H groups in total. The van der Waals surface area contributed by atoms with Crippen molar-refractivity contribution >= 4 is 27.3 Å². The van der Waals surface area contributed by atoms with E-state index in [1.165, 1.54) is 12.4 Å². The number of hydrogen-bond acceptors (Lipinski definition) is 5. The van der Waals surface area contributed by atoms with Gasteiger partial charge in [0, 0.05) is 11.1 Å². The number of anilines is 2. The molecule has 23 heavy (non-hydrogen) atoms. The van der Waals surface area contributed by atoms with Crippen LogP contribution in [0, 0.1) is 12.3 Å². The molecule has 1 atom stereocenters. The number of fused-ring (bicyclic) bond motifs is 1. The van der Waals surface area contributed by atoms with E-state index in [2.05, 4.69) is 21.7 Å². The number of nitrogens with zero attached hydrogens (tertiary/aromatic N) is 2. The van der Waals surface area contributed by atoms with Gasteiger partial charge in [-0.3, -0.25) is 4.79 Å². The number of amides is 1. The maximum Gasteiger partial charge on any atom is 0.250 e. The first-order chi connectivity index (χ1) is 10.9. The molecule has 0 unspecified atom stereocenters. The molecule has 1 aromatic heterocycles. The molecule has 2 aromatic rings. The molecule has 118 valence electrons. The van der Waals surface area contributed by atoms with Gasteiger partial charge in [0.25, 0.3) is 10.0 Å². The highest BCUT2D eigenvalue weighted by atomic mass is 32.2. The number of benzene rings is 1. The zero-order valence-electron chi connectivity index (χ0n) is 12.3. The van der Waals surface area contributed by atoms with Crippen LogP contribution in [0.2, 0.25) is 0 Å². The van der Waals surface area contributed by atoms with Gasteiger partial charge in [-0.05, 0) is 6.07 Å². The molecule has 2 heterocycles. The molecule has 1 aromatic carbocycles. The first-order valence-corrected chi connectivity index (χ1v) is 8.64. The summed E-state index contributed by atoms with van der Waals surface area (Å²) < 4.78 is 24.0. The van der Waals surface area contributed by atoms with Gasteiger partial charge >= 0.3 is 0 Å². The van der Waals surface area contributed by atoms with Gasteiger partial charge in [-0.15, -0.1) is 6.42 Å². The van der Waals surface area contributed by atoms with Crippen molar-refractivity contribution in [1.82, 2.24) is 9.19 Å². The molecule has 0 saturated heterocycles. The lowest BCUT2D eigenvalue weighted by atomic mass is 10.1. The SMILES string of the molecule is C#C[C@@H]1CC(=O)Nc2cccc(-c3cnn(S(C)(=O)=O)c3)c2N1. The van der Waals surface area contributed by atoms with Crippen LogP contribution in [0.4, 0.5) is 11.4 Å². The minimum atomic E-state index is -3.46. The average Bonchev–Trinajstić information content (AvgIpc) is 2.91. The highest BCUT2D eigenvalue weighted by molar-refractivity contribution is 7.89. The number of aromatic nitrogens is 2. The van der Waals surface area contributed by atoms with Gasteiger partial charge in [-0.25, -0.2) is 8.42 Å². The molecule has 3 rings (SSSR count). The number of terminal acetylenes is 1. The molecule has 0 spiro atoms. The van der Waals surface area contributed by atoms with E-state index in [-0.39, 0.29) is 12.3 Å². The average molecular weight is 330 g/mol. The summed E-state index contributed by atoms with van der Waals surface area (Å²) >= 11 is 0. The second-order valence-electron chi connectivity index (χ2n) is 5.21. The quantitative estimate of drug-likeness (QED) is 0.805. The predicted molar refractivity (Wildman–Crippen MR) is 87.4 cm³/mol. The maximum absolute atomic E-state index is 11.9. The van der Waals surface area contributed by atoms with Crippen molar-refractivity contribution in [2.45, 2.75) is 12.5 Å². The van der Waals surface area contributed by atoms with E-state index in [9.17, 15) is 13.2 Å². The maximum atomic E-state index is 11.9. The lowest BCUT2D eigenvalue weighted by Crippen LogP contribution is -2.20. The summed E-state index contributed by atoms with van der Waals surface area (Å²) in [7, 11) is -3.46. The summed E-state index contributed by atoms with van der Waals surface area (Å²) in [6, 6.07) is 4.89. The van der Waals surface area contributed by atoms with E-state index in [1.54, 1.807) is 18.2 Å². The zero-order chi connectivity index (χ0) is 16.6. The summed E-state index contributed by atoms with van der Waals surface area (Å²) in [5.41, 5.74) is 2.55. The fourth-order valence-corrected chi connectivity index (χ4v) is 2.91. The summed E-state index contributed by atoms with van der Waals surface area (Å²) in [4.78, 5) is 11.9. The topological polar surface area (TPSA) is 93.1 Å². The van der Waals surface area contributed by atoms with E-state index in [0.29, 0.717) is 22.5 Å². The van der Waals surface area contributed by atoms with Crippen molar-refractivity contribution in [2.24, 2.45) is 0 Å². The molecular formula is C15H14N4O3S. The minimum Gasteiger partial charge on any atom is -0.369 e. The predicted octanol–water partition coefficient (Wildman–Crippen LogP) is 1.11. The summed E-state index contributed by atoms with van der Waals surface area (Å²) in [5, 5.41) is 9.80. The Bertz CT molecular complexity index is 924. The van der Waals surface area contributed by atoms with Crippen molar-refractivity contribution in [2.75, 3.05) is 16.9 Å². The molecular weight excluding hydrogens is 316 g/mol. The molecule has 1 aliphatic heterocycles. The van der Waals surface area contributed by atoms with Gasteiger partial charge in [0.2, 0.25) is 5.91 Å². The van der Waals surface area contributed by atoms with Crippen molar-refractivity contribution in [3.8, 4) is 23.5 Å². The lowest BCUT2D eigenvalue weighted by Gasteiger charge is -2.15. The van der Waals surface area contributed by atoms with Crippen LogP contribution < -0.4 is 10.6 Å². The van der Waals surface area contributed by atoms with Crippen LogP contribution in [0.5, 0.6) is 0 Å². The number of carbonyl (C=O) groups excluding carboxylic acids is 1. The molecule has 1 amide bonds. The Morgan fingerprint density at radius 3 is 2.87 bits per heavy atom. The van der Waals surface area contributed by atoms with Crippen molar-refractivity contribution in [1.29, 1.82) is 0 Å². The van der Waals surface area contributed by atoms with E-state index in [0.717, 1.165) is 10.3 Å². The monoisotopic (exact) mass is 330 g/mol. The van der Waals surface area contributed by atoms with Crippen LogP contribution in [0.3, 0.4) is 0 Å². The molecule has 1 aliphatic rings. The molecule has 0 saturated carbocycles. The largest absolute Gasteiger partial charge is 0.369 e. The van der Waals surface area contributed by atoms with Crippen LogP contribution in [0.15, 0.2) is 30.6 Å². The fourth-order valence-electron chi connectivity index (χ4n) is 2.39. The third kappa shape index (κ3) is 2.91. The second kappa shape index (κ2) is 5.44. The number of hydrogen-bond donors (Lipinski definition) is 2. The van der Waals surface area contributed by atoms with E-state index in [1.807, 2.05) is 0 Å². The standard InChI is InChI=1S/C15H14N4O3S/c1-3-11-7-14(20)18-13-6-4-5-12(15(13)17-11)10-8-16-19(9-10)23(2,21)22/h1,4-6,8-9,11,17H,7H2,2H3,(H,18,20)/t11-/m1/s1. The number of carbonyl (C=O) groups is 1. The Balaban J connectivity index is 2.12. The Kier molecular flexibility index (Phi) is 3.58. The van der Waals surface area contributed by atoms with Gasteiger partial charge in [-0.1, -0.05) is 18.1 Å². The molecule has 0 fully saturated rings. The van der Waals surface area contributed by atoms with Gasteiger partial charge in [0.15, 0.2) is 0 Å². The first-order valence-electron chi connectivity index (χ1n) is 6.79. The van der Waals surface area contributed by atoms with Crippen LogP contribution in [0.25, 0.3) is 11.1 Å². The summed E-state index contributed by atoms with van der Waals surface area (Å²) in [6.45, 7) is 0. The third-order valence-electron chi connectivity index (χ3n) is 3.46. The van der Waals surface area contributed by atoms with Crippen LogP contribution in [-0.2, 0) is 14.8 Å². The molecule has 7 nitrogen and oxygen atoms in total. The molecule has 0 aliphatic carbocycles. The Labute approximate surface area is 133 Å². The van der Waals surface area contributed by atoms with Crippen molar-refractivity contribution < 1.29 is 13.2 Å². The molecule has 0 bridgehead atoms. The minimum absolute atomic E-state index is 0.160. The number of para-hydroxylation sites is 1.